The van der Waals surface area contributed by atoms with Crippen molar-refractivity contribution in [3.8, 4) is 22.9 Å². The van der Waals surface area contributed by atoms with E-state index in [9.17, 15) is 9.59 Å². The molecule has 0 unspecified atom stereocenters. The molecule has 3 N–H and O–H groups in total. The predicted octanol–water partition coefficient (Wildman–Crippen LogP) is 2.77. The van der Waals surface area contributed by atoms with Crippen molar-refractivity contribution >= 4 is 11.8 Å². The van der Waals surface area contributed by atoms with Gasteiger partial charge in [0.05, 0.1) is 0 Å². The van der Waals surface area contributed by atoms with E-state index in [-0.39, 0.29) is 29.7 Å². The highest BCUT2D eigenvalue weighted by molar-refractivity contribution is 5.94. The van der Waals surface area contributed by atoms with Crippen LogP contribution in [0.25, 0.3) is 22.9 Å². The second-order valence-corrected chi connectivity index (χ2v) is 7.14. The predicted molar refractivity (Wildman–Crippen MR) is 111 cm³/mol. The zero-order chi connectivity index (χ0) is 22.0. The lowest BCUT2D eigenvalue weighted by Gasteiger charge is -2.15. The number of aryl methyl sites for hydroxylation is 2. The SMILES string of the molecule is Cc1ccc(-c2cc(C(=O)NCCN(C)C(=O)c3cc(-c4ccc(C)o4)[nH]n3)n[nH]2)o1. The summed E-state index contributed by atoms with van der Waals surface area (Å²) in [5.74, 6) is 2.15. The number of carbonyl (C=O) groups is 2. The Morgan fingerprint density at radius 3 is 2.03 bits per heavy atom. The van der Waals surface area contributed by atoms with Crippen LogP contribution in [0.1, 0.15) is 32.5 Å². The van der Waals surface area contributed by atoms with Gasteiger partial charge in [-0.25, -0.2) is 0 Å². The van der Waals surface area contributed by atoms with Crippen molar-refractivity contribution in [3.05, 3.63) is 59.3 Å². The molecule has 0 aliphatic rings. The molecule has 0 aromatic carbocycles. The summed E-state index contributed by atoms with van der Waals surface area (Å²) in [6.07, 6.45) is 0. The first-order valence-corrected chi connectivity index (χ1v) is 9.69. The quantitative estimate of drug-likeness (QED) is 0.419. The van der Waals surface area contributed by atoms with Crippen LogP contribution in [0.15, 0.2) is 45.2 Å². The van der Waals surface area contributed by atoms with Crippen LogP contribution in [0, 0.1) is 13.8 Å². The third-order valence-electron chi connectivity index (χ3n) is 4.70. The molecule has 0 spiro atoms. The third kappa shape index (κ3) is 4.42. The van der Waals surface area contributed by atoms with Gasteiger partial charge in [-0.2, -0.15) is 10.2 Å². The number of nitrogens with one attached hydrogen (secondary N) is 3. The molecule has 0 fully saturated rings. The zero-order valence-corrected chi connectivity index (χ0v) is 17.4. The summed E-state index contributed by atoms with van der Waals surface area (Å²) in [5.41, 5.74) is 1.75. The van der Waals surface area contributed by atoms with Gasteiger partial charge in [-0.05, 0) is 38.1 Å². The molecule has 0 radical (unpaired) electrons. The van der Waals surface area contributed by atoms with Crippen molar-refractivity contribution in [1.29, 1.82) is 0 Å². The smallest absolute Gasteiger partial charge is 0.274 e. The molecule has 4 aromatic rings. The first-order chi connectivity index (χ1) is 14.9. The molecule has 4 aromatic heterocycles. The Bertz CT molecular complexity index is 1210. The summed E-state index contributed by atoms with van der Waals surface area (Å²) in [6, 6.07) is 10.5. The number of rotatable bonds is 7. The van der Waals surface area contributed by atoms with Gasteiger partial charge in [-0.3, -0.25) is 19.8 Å². The number of likely N-dealkylation sites (N-methyl/N-ethyl adjacent to an activating group) is 1. The molecular weight excluding hydrogens is 400 g/mol. The molecule has 0 atom stereocenters. The van der Waals surface area contributed by atoms with E-state index in [0.717, 1.165) is 11.5 Å². The van der Waals surface area contributed by atoms with Crippen LogP contribution in [0.2, 0.25) is 0 Å². The molecule has 0 saturated heterocycles. The van der Waals surface area contributed by atoms with Gasteiger partial charge in [0.15, 0.2) is 22.9 Å². The molecule has 4 heterocycles. The number of carbonyl (C=O) groups excluding carboxylic acids is 2. The van der Waals surface area contributed by atoms with Crippen molar-refractivity contribution in [2.24, 2.45) is 0 Å². The van der Waals surface area contributed by atoms with Crippen molar-refractivity contribution in [3.63, 3.8) is 0 Å². The highest BCUT2D eigenvalue weighted by Crippen LogP contribution is 2.21. The van der Waals surface area contributed by atoms with Gasteiger partial charge >= 0.3 is 0 Å². The van der Waals surface area contributed by atoms with E-state index in [2.05, 4.69) is 25.7 Å². The monoisotopic (exact) mass is 422 g/mol. The fourth-order valence-corrected chi connectivity index (χ4v) is 3.01. The number of hydrogen-bond donors (Lipinski definition) is 3. The van der Waals surface area contributed by atoms with Gasteiger partial charge in [-0.1, -0.05) is 0 Å². The Kier molecular flexibility index (Phi) is 5.44. The lowest BCUT2D eigenvalue weighted by Crippen LogP contribution is -2.36. The van der Waals surface area contributed by atoms with E-state index in [4.69, 9.17) is 8.83 Å². The molecular formula is C21H22N6O4. The lowest BCUT2D eigenvalue weighted by atomic mass is 10.3. The standard InChI is InChI=1S/C21H22N6O4/c1-12-4-6-18(30-12)14-10-16(25-23-14)20(28)22-8-9-27(3)21(29)17-11-15(24-26-17)19-7-5-13(2)31-19/h4-7,10-11H,8-9H2,1-3H3,(H,22,28)(H,23,25)(H,24,26). The Morgan fingerprint density at radius 2 is 1.48 bits per heavy atom. The number of H-pyrrole nitrogens is 2. The minimum absolute atomic E-state index is 0.240. The largest absolute Gasteiger partial charge is 0.460 e. The fourth-order valence-electron chi connectivity index (χ4n) is 3.01. The summed E-state index contributed by atoms with van der Waals surface area (Å²) < 4.78 is 11.0. The van der Waals surface area contributed by atoms with Crippen LogP contribution in [0.4, 0.5) is 0 Å². The minimum Gasteiger partial charge on any atom is -0.460 e. The summed E-state index contributed by atoms with van der Waals surface area (Å²) in [6.45, 7) is 4.25. The average Bonchev–Trinajstić information content (AvgIpc) is 3.53. The molecule has 10 nitrogen and oxygen atoms in total. The van der Waals surface area contributed by atoms with Crippen LogP contribution in [0.3, 0.4) is 0 Å². The number of aromatic amines is 2. The van der Waals surface area contributed by atoms with Gasteiger partial charge in [0.1, 0.15) is 22.9 Å². The number of aromatic nitrogens is 4. The van der Waals surface area contributed by atoms with E-state index in [0.29, 0.717) is 29.5 Å². The molecule has 2 amide bonds. The summed E-state index contributed by atoms with van der Waals surface area (Å²) in [7, 11) is 1.64. The van der Waals surface area contributed by atoms with Gasteiger partial charge in [0.2, 0.25) is 0 Å². The number of hydrogen-bond acceptors (Lipinski definition) is 6. The number of amides is 2. The second-order valence-electron chi connectivity index (χ2n) is 7.14. The van der Waals surface area contributed by atoms with E-state index in [1.165, 1.54) is 4.90 Å². The van der Waals surface area contributed by atoms with Crippen LogP contribution in [-0.2, 0) is 0 Å². The average molecular weight is 422 g/mol. The van der Waals surface area contributed by atoms with Crippen molar-refractivity contribution in [2.45, 2.75) is 13.8 Å². The topological polar surface area (TPSA) is 133 Å². The summed E-state index contributed by atoms with van der Waals surface area (Å²) in [5, 5.41) is 16.4. The highest BCUT2D eigenvalue weighted by atomic mass is 16.3. The number of furan rings is 2. The van der Waals surface area contributed by atoms with Crippen LogP contribution < -0.4 is 5.32 Å². The zero-order valence-electron chi connectivity index (χ0n) is 17.4. The maximum absolute atomic E-state index is 12.6. The van der Waals surface area contributed by atoms with Crippen LogP contribution in [0.5, 0.6) is 0 Å². The van der Waals surface area contributed by atoms with E-state index >= 15 is 0 Å². The molecule has 31 heavy (non-hydrogen) atoms. The van der Waals surface area contributed by atoms with E-state index in [1.807, 2.05) is 32.0 Å². The second kappa shape index (κ2) is 8.34. The van der Waals surface area contributed by atoms with E-state index < -0.39 is 0 Å². The molecule has 0 aliphatic carbocycles. The Balaban J connectivity index is 1.29. The van der Waals surface area contributed by atoms with Gasteiger partial charge in [0.25, 0.3) is 11.8 Å². The highest BCUT2D eigenvalue weighted by Gasteiger charge is 2.18. The molecule has 4 rings (SSSR count). The fraction of sp³-hybridized carbons (Fsp3) is 0.238. The summed E-state index contributed by atoms with van der Waals surface area (Å²) in [4.78, 5) is 26.4. The van der Waals surface area contributed by atoms with Gasteiger partial charge in [0, 0.05) is 32.3 Å². The lowest BCUT2D eigenvalue weighted by molar-refractivity contribution is 0.0781. The minimum atomic E-state index is -0.345. The first kappa shape index (κ1) is 20.2. The Labute approximate surface area is 177 Å². The molecule has 0 aliphatic heterocycles. The molecule has 0 saturated carbocycles. The Hall–Kier alpha value is -4.08. The number of nitrogens with zero attached hydrogens (tertiary/aromatic N) is 3. The van der Waals surface area contributed by atoms with E-state index in [1.54, 1.807) is 25.2 Å². The van der Waals surface area contributed by atoms with Gasteiger partial charge in [-0.15, -0.1) is 0 Å². The third-order valence-corrected chi connectivity index (χ3v) is 4.70. The van der Waals surface area contributed by atoms with Crippen molar-refractivity contribution in [1.82, 2.24) is 30.6 Å². The first-order valence-electron chi connectivity index (χ1n) is 9.69. The molecule has 0 bridgehead atoms. The Morgan fingerprint density at radius 1 is 0.935 bits per heavy atom. The van der Waals surface area contributed by atoms with Gasteiger partial charge < -0.3 is 19.1 Å². The van der Waals surface area contributed by atoms with Crippen LogP contribution >= 0.6 is 0 Å². The van der Waals surface area contributed by atoms with Crippen LogP contribution in [-0.4, -0.2) is 57.2 Å². The van der Waals surface area contributed by atoms with Crippen molar-refractivity contribution < 1.29 is 18.4 Å². The van der Waals surface area contributed by atoms with Crippen molar-refractivity contribution in [2.75, 3.05) is 20.1 Å². The molecule has 10 heteroatoms. The normalized spacial score (nSPS) is 10.9. The maximum Gasteiger partial charge on any atom is 0.274 e. The summed E-state index contributed by atoms with van der Waals surface area (Å²) >= 11 is 0. The maximum atomic E-state index is 12.6. The molecule has 160 valence electrons.